The van der Waals surface area contributed by atoms with Gasteiger partial charge in [-0.25, -0.2) is 0 Å². The van der Waals surface area contributed by atoms with Gasteiger partial charge in [0.05, 0.1) is 24.2 Å². The van der Waals surface area contributed by atoms with Crippen molar-refractivity contribution in [3.05, 3.63) is 97.1 Å². The molecule has 0 aliphatic carbocycles. The molecule has 0 radical (unpaired) electrons. The number of aliphatic hydroxyl groups is 1. The number of carbonyl (C=O) groups is 3. The van der Waals surface area contributed by atoms with Crippen LogP contribution in [0.4, 0.5) is 0 Å². The second kappa shape index (κ2) is 11.6. The van der Waals surface area contributed by atoms with Crippen LogP contribution >= 0.6 is 0 Å². The molecule has 3 heterocycles. The minimum absolute atomic E-state index is 0.0167. The molecule has 2 amide bonds. The minimum Gasteiger partial charge on any atom is -0.461 e. The van der Waals surface area contributed by atoms with Crippen LogP contribution in [0.1, 0.15) is 30.9 Å². The number of esters is 1. The molecule has 2 bridgehead atoms. The summed E-state index contributed by atoms with van der Waals surface area (Å²) in [6, 6.07) is 17.5. The van der Waals surface area contributed by atoms with Gasteiger partial charge in [-0.1, -0.05) is 79.4 Å². The molecule has 8 nitrogen and oxygen atoms in total. The van der Waals surface area contributed by atoms with E-state index in [4.69, 9.17) is 9.47 Å². The Kier molecular flexibility index (Phi) is 8.16. The van der Waals surface area contributed by atoms with Gasteiger partial charge in [-0.15, -0.1) is 6.58 Å². The lowest BCUT2D eigenvalue weighted by molar-refractivity contribution is -0.161. The van der Waals surface area contributed by atoms with E-state index in [0.29, 0.717) is 25.8 Å². The zero-order valence-electron chi connectivity index (χ0n) is 23.5. The van der Waals surface area contributed by atoms with Gasteiger partial charge in [0.2, 0.25) is 11.8 Å². The summed E-state index contributed by atoms with van der Waals surface area (Å²) >= 11 is 0. The molecule has 1 spiro atoms. The fraction of sp³-hybridized carbons (Fsp3) is 0.424. The molecule has 3 aliphatic heterocycles. The van der Waals surface area contributed by atoms with Crippen molar-refractivity contribution in [3.63, 3.8) is 0 Å². The Morgan fingerprint density at radius 3 is 2.37 bits per heavy atom. The average Bonchev–Trinajstić information content (AvgIpc) is 3.55. The van der Waals surface area contributed by atoms with Gasteiger partial charge in [0.1, 0.15) is 24.2 Å². The molecule has 2 aromatic rings. The number of ether oxygens (including phenoxy) is 2. The highest BCUT2D eigenvalue weighted by Crippen LogP contribution is 2.63. The standard InChI is InChI=1S/C33H38N2O6/c1-4-18-34(21-24-14-10-7-11-15-24)30(38)28-33-17-16-32(3,41-33)27(31(39)40-19-5-2)26(33)29(37)35(28)25(22-36)20-23-12-8-6-9-13-23/h4-15,25-28,36H,1-2,16-22H2,3H3/t25-,26+,27+,28?,32-,33?/m1/s1. The predicted octanol–water partition coefficient (Wildman–Crippen LogP) is 3.30. The van der Waals surface area contributed by atoms with Gasteiger partial charge in [-0.2, -0.15) is 0 Å². The number of hydrogen-bond donors (Lipinski definition) is 1. The van der Waals surface area contributed by atoms with Gasteiger partial charge in [0.25, 0.3) is 0 Å². The lowest BCUT2D eigenvalue weighted by Gasteiger charge is -2.39. The van der Waals surface area contributed by atoms with Crippen molar-refractivity contribution in [1.82, 2.24) is 9.80 Å². The van der Waals surface area contributed by atoms with Crippen LogP contribution in [0, 0.1) is 11.8 Å². The molecular formula is C33H38N2O6. The number of carbonyl (C=O) groups excluding carboxylic acids is 3. The number of hydrogen-bond acceptors (Lipinski definition) is 6. The zero-order chi connectivity index (χ0) is 29.2. The fourth-order valence-electron chi connectivity index (χ4n) is 7.13. The molecule has 3 aliphatic rings. The maximum atomic E-state index is 14.6. The first-order chi connectivity index (χ1) is 19.8. The third kappa shape index (κ3) is 5.00. The Balaban J connectivity index is 1.58. The van der Waals surface area contributed by atoms with E-state index in [1.54, 1.807) is 11.0 Å². The smallest absolute Gasteiger partial charge is 0.313 e. The van der Waals surface area contributed by atoms with Crippen molar-refractivity contribution in [2.75, 3.05) is 19.8 Å². The zero-order valence-corrected chi connectivity index (χ0v) is 23.5. The van der Waals surface area contributed by atoms with Gasteiger partial charge in [0.15, 0.2) is 0 Å². The van der Waals surface area contributed by atoms with Gasteiger partial charge in [-0.3, -0.25) is 14.4 Å². The number of amides is 2. The third-order valence-electron chi connectivity index (χ3n) is 8.84. The van der Waals surface area contributed by atoms with Crippen molar-refractivity contribution in [2.24, 2.45) is 11.8 Å². The van der Waals surface area contributed by atoms with E-state index in [-0.39, 0.29) is 31.6 Å². The molecule has 2 aromatic carbocycles. The summed E-state index contributed by atoms with van der Waals surface area (Å²) in [5.41, 5.74) is -0.308. The largest absolute Gasteiger partial charge is 0.461 e. The average molecular weight is 559 g/mol. The van der Waals surface area contributed by atoms with Crippen molar-refractivity contribution in [1.29, 1.82) is 0 Å². The molecule has 2 unspecified atom stereocenters. The van der Waals surface area contributed by atoms with Crippen molar-refractivity contribution < 1.29 is 29.0 Å². The van der Waals surface area contributed by atoms with E-state index < -0.39 is 41.1 Å². The Morgan fingerprint density at radius 1 is 1.10 bits per heavy atom. The van der Waals surface area contributed by atoms with Crippen LogP contribution < -0.4 is 0 Å². The number of rotatable bonds is 12. The molecule has 3 fully saturated rings. The van der Waals surface area contributed by atoms with E-state index in [1.807, 2.05) is 67.6 Å². The predicted molar refractivity (Wildman–Crippen MR) is 153 cm³/mol. The molecule has 5 rings (SSSR count). The topological polar surface area (TPSA) is 96.4 Å². The maximum absolute atomic E-state index is 14.6. The molecular weight excluding hydrogens is 520 g/mol. The van der Waals surface area contributed by atoms with Crippen molar-refractivity contribution in [2.45, 2.75) is 56.0 Å². The highest BCUT2D eigenvalue weighted by atomic mass is 16.6. The van der Waals surface area contributed by atoms with Gasteiger partial charge in [0, 0.05) is 13.1 Å². The van der Waals surface area contributed by atoms with Crippen molar-refractivity contribution >= 4 is 17.8 Å². The number of fused-ring (bicyclic) bond motifs is 1. The molecule has 41 heavy (non-hydrogen) atoms. The second-order valence-electron chi connectivity index (χ2n) is 11.4. The van der Waals surface area contributed by atoms with Crippen LogP contribution in [-0.4, -0.2) is 75.7 Å². The number of nitrogens with zero attached hydrogens (tertiary/aromatic N) is 2. The quantitative estimate of drug-likeness (QED) is 0.317. The number of likely N-dealkylation sites (tertiary alicyclic amines) is 1. The molecule has 3 saturated heterocycles. The first kappa shape index (κ1) is 28.8. The van der Waals surface area contributed by atoms with Gasteiger partial charge in [-0.05, 0) is 37.3 Å². The fourth-order valence-corrected chi connectivity index (χ4v) is 7.13. The molecule has 0 saturated carbocycles. The van der Waals surface area contributed by atoms with E-state index in [0.717, 1.165) is 11.1 Å². The maximum Gasteiger partial charge on any atom is 0.313 e. The Bertz CT molecular complexity index is 1300. The molecule has 216 valence electrons. The first-order valence-corrected chi connectivity index (χ1v) is 14.2. The molecule has 8 heteroatoms. The summed E-state index contributed by atoms with van der Waals surface area (Å²) in [4.78, 5) is 45.7. The van der Waals surface area contributed by atoms with Crippen LogP contribution in [0.5, 0.6) is 0 Å². The summed E-state index contributed by atoms with van der Waals surface area (Å²) in [6.45, 7) is 9.57. The lowest BCUT2D eigenvalue weighted by atomic mass is 9.66. The van der Waals surface area contributed by atoms with E-state index in [9.17, 15) is 19.5 Å². The molecule has 1 N–H and O–H groups in total. The summed E-state index contributed by atoms with van der Waals surface area (Å²) in [6.07, 6.45) is 4.43. The molecule has 6 atom stereocenters. The Labute approximate surface area is 241 Å². The third-order valence-corrected chi connectivity index (χ3v) is 8.84. The van der Waals surface area contributed by atoms with E-state index >= 15 is 0 Å². The Hall–Kier alpha value is -3.75. The van der Waals surface area contributed by atoms with Crippen LogP contribution in [-0.2, 0) is 36.8 Å². The summed E-state index contributed by atoms with van der Waals surface area (Å²) < 4.78 is 12.2. The van der Waals surface area contributed by atoms with Crippen molar-refractivity contribution in [3.8, 4) is 0 Å². The number of aliphatic hydroxyl groups excluding tert-OH is 1. The summed E-state index contributed by atoms with van der Waals surface area (Å²) in [5.74, 6) is -2.96. The van der Waals surface area contributed by atoms with E-state index in [2.05, 4.69) is 13.2 Å². The monoisotopic (exact) mass is 558 g/mol. The minimum atomic E-state index is -1.22. The SMILES string of the molecule is C=CCOC(=O)[C@@H]1[C@H]2C(=O)N([C@@H](CO)Cc3ccccc3)C(C(=O)N(CC=C)Cc3ccccc3)C23CC[C@@]1(C)O3. The highest BCUT2D eigenvalue weighted by molar-refractivity contribution is 5.98. The first-order valence-electron chi connectivity index (χ1n) is 14.2. The van der Waals surface area contributed by atoms with Crippen LogP contribution in [0.2, 0.25) is 0 Å². The van der Waals surface area contributed by atoms with Gasteiger partial charge < -0.3 is 24.4 Å². The number of benzene rings is 2. The van der Waals surface area contributed by atoms with Crippen LogP contribution in [0.15, 0.2) is 86.0 Å². The summed E-state index contributed by atoms with van der Waals surface area (Å²) in [7, 11) is 0. The lowest BCUT2D eigenvalue weighted by Crippen LogP contribution is -2.59. The van der Waals surface area contributed by atoms with Gasteiger partial charge >= 0.3 is 5.97 Å². The second-order valence-corrected chi connectivity index (χ2v) is 11.4. The molecule has 0 aromatic heterocycles. The van der Waals surface area contributed by atoms with Crippen LogP contribution in [0.25, 0.3) is 0 Å². The van der Waals surface area contributed by atoms with Crippen LogP contribution in [0.3, 0.4) is 0 Å². The normalized spacial score (nSPS) is 28.7. The highest BCUT2D eigenvalue weighted by Gasteiger charge is 2.79. The van der Waals surface area contributed by atoms with E-state index in [1.165, 1.54) is 11.0 Å². The Morgan fingerprint density at radius 2 is 1.76 bits per heavy atom. The summed E-state index contributed by atoms with van der Waals surface area (Å²) in [5, 5.41) is 10.6.